The van der Waals surface area contributed by atoms with Crippen molar-refractivity contribution in [3.05, 3.63) is 113 Å². The van der Waals surface area contributed by atoms with Crippen LogP contribution in [0.4, 0.5) is 4.39 Å². The molecule has 1 heterocycles. The predicted molar refractivity (Wildman–Crippen MR) is 124 cm³/mol. The average molecular weight is 413 g/mol. The maximum atomic E-state index is 13.5. The Hall–Kier alpha value is -3.66. The van der Waals surface area contributed by atoms with Crippen LogP contribution >= 0.6 is 0 Å². The van der Waals surface area contributed by atoms with Crippen molar-refractivity contribution in [2.45, 2.75) is 27.4 Å². The van der Waals surface area contributed by atoms with Crippen LogP contribution in [-0.4, -0.2) is 10.3 Å². The van der Waals surface area contributed by atoms with E-state index < -0.39 is 0 Å². The lowest BCUT2D eigenvalue weighted by Gasteiger charge is -2.12. The first kappa shape index (κ1) is 20.6. The first-order valence-corrected chi connectivity index (χ1v) is 10.3. The predicted octanol–water partition coefficient (Wildman–Crippen LogP) is 6.84. The van der Waals surface area contributed by atoms with Gasteiger partial charge in [-0.25, -0.2) is 4.39 Å². The van der Waals surface area contributed by atoms with E-state index in [1.54, 1.807) is 12.1 Å². The van der Waals surface area contributed by atoms with E-state index in [2.05, 4.69) is 53.9 Å². The van der Waals surface area contributed by atoms with Crippen LogP contribution in [-0.2, 0) is 11.4 Å². The van der Waals surface area contributed by atoms with Gasteiger partial charge in [0.1, 0.15) is 12.4 Å². The summed E-state index contributed by atoms with van der Waals surface area (Å²) in [6.07, 6.45) is 0. The Balaban J connectivity index is 1.69. The highest BCUT2D eigenvalue weighted by atomic mass is 19.1. The quantitative estimate of drug-likeness (QED) is 0.251. The fraction of sp³-hybridized carbons (Fsp3) is 0.148. The Kier molecular flexibility index (Phi) is 5.99. The van der Waals surface area contributed by atoms with Crippen molar-refractivity contribution >= 4 is 5.71 Å². The van der Waals surface area contributed by atoms with Crippen LogP contribution < -0.4 is 0 Å². The number of aromatic nitrogens is 1. The van der Waals surface area contributed by atoms with Crippen LogP contribution in [0.15, 0.2) is 90.1 Å². The van der Waals surface area contributed by atoms with Crippen LogP contribution in [0.3, 0.4) is 0 Å². The molecule has 0 bridgehead atoms. The molecule has 31 heavy (non-hydrogen) atoms. The van der Waals surface area contributed by atoms with Crippen molar-refractivity contribution in [2.24, 2.45) is 5.16 Å². The summed E-state index contributed by atoms with van der Waals surface area (Å²) in [5.74, 6) is -0.249. The molecule has 0 aliphatic rings. The normalized spacial score (nSPS) is 11.5. The summed E-state index contributed by atoms with van der Waals surface area (Å²) in [5, 5.41) is 4.37. The van der Waals surface area contributed by atoms with Gasteiger partial charge in [-0.15, -0.1) is 0 Å². The Bertz CT molecular complexity index is 1190. The third kappa shape index (κ3) is 4.58. The number of hydrogen-bond donors (Lipinski definition) is 0. The third-order valence-electron chi connectivity index (χ3n) is 5.34. The summed E-state index contributed by atoms with van der Waals surface area (Å²) in [6, 6.07) is 27.0. The second-order valence-corrected chi connectivity index (χ2v) is 7.64. The average Bonchev–Trinajstić information content (AvgIpc) is 3.13. The maximum absolute atomic E-state index is 13.5. The van der Waals surface area contributed by atoms with Crippen molar-refractivity contribution in [1.29, 1.82) is 0 Å². The number of aryl methyl sites for hydroxylation is 1. The molecule has 1 aromatic heterocycles. The number of para-hydroxylation sites is 1. The molecule has 4 aromatic rings. The van der Waals surface area contributed by atoms with Crippen LogP contribution in [0.2, 0.25) is 0 Å². The molecule has 0 N–H and O–H groups in total. The Morgan fingerprint density at radius 1 is 0.903 bits per heavy atom. The van der Waals surface area contributed by atoms with Crippen LogP contribution in [0.5, 0.6) is 0 Å². The topological polar surface area (TPSA) is 26.5 Å². The highest BCUT2D eigenvalue weighted by Crippen LogP contribution is 2.30. The Labute approximate surface area is 182 Å². The minimum absolute atomic E-state index is 0.249. The molecule has 0 saturated heterocycles. The largest absolute Gasteiger partial charge is 0.391 e. The second-order valence-electron chi connectivity index (χ2n) is 7.64. The van der Waals surface area contributed by atoms with Gasteiger partial charge in [0.05, 0.1) is 11.4 Å². The van der Waals surface area contributed by atoms with Crippen molar-refractivity contribution < 1.29 is 9.23 Å². The Morgan fingerprint density at radius 3 is 2.26 bits per heavy atom. The van der Waals surface area contributed by atoms with Crippen molar-refractivity contribution in [1.82, 2.24) is 4.57 Å². The molecular formula is C27H25FN2O. The van der Waals surface area contributed by atoms with Crippen LogP contribution in [0.1, 0.15) is 29.3 Å². The molecule has 0 unspecified atom stereocenters. The van der Waals surface area contributed by atoms with Gasteiger partial charge in [-0.05, 0) is 74.4 Å². The highest BCUT2D eigenvalue weighted by Gasteiger charge is 2.17. The molecule has 0 amide bonds. The van der Waals surface area contributed by atoms with E-state index in [9.17, 15) is 4.39 Å². The maximum Gasteiger partial charge on any atom is 0.142 e. The summed E-state index contributed by atoms with van der Waals surface area (Å²) in [7, 11) is 0. The van der Waals surface area contributed by atoms with Gasteiger partial charge in [0.15, 0.2) is 0 Å². The smallest absolute Gasteiger partial charge is 0.142 e. The van der Waals surface area contributed by atoms with Gasteiger partial charge < -0.3 is 9.40 Å². The standard InChI is InChI=1S/C27H25FN2O/c1-19-9-11-22(12-10-19)18-31-29-20(2)26-17-27(23-13-15-24(28)16-14-23)30(21(26)3)25-7-5-4-6-8-25/h4-17H,18H2,1-3H3. The number of halogens is 1. The fourth-order valence-electron chi connectivity index (χ4n) is 3.65. The molecule has 0 aliphatic heterocycles. The molecule has 0 aliphatic carbocycles. The van der Waals surface area contributed by atoms with Crippen molar-refractivity contribution in [2.75, 3.05) is 0 Å². The van der Waals surface area contributed by atoms with Crippen LogP contribution in [0.25, 0.3) is 16.9 Å². The van der Waals surface area contributed by atoms with E-state index in [0.29, 0.717) is 6.61 Å². The van der Waals surface area contributed by atoms with Gasteiger partial charge >= 0.3 is 0 Å². The fourth-order valence-corrected chi connectivity index (χ4v) is 3.65. The number of oxime groups is 1. The zero-order valence-corrected chi connectivity index (χ0v) is 18.0. The van der Waals surface area contributed by atoms with E-state index in [0.717, 1.165) is 39.5 Å². The molecule has 0 spiro atoms. The number of nitrogens with zero attached hydrogens (tertiary/aromatic N) is 2. The highest BCUT2D eigenvalue weighted by molar-refractivity contribution is 6.01. The van der Waals surface area contributed by atoms with E-state index in [1.165, 1.54) is 17.7 Å². The molecule has 0 atom stereocenters. The first-order chi connectivity index (χ1) is 15.0. The third-order valence-corrected chi connectivity index (χ3v) is 5.34. The summed E-state index contributed by atoms with van der Waals surface area (Å²) < 4.78 is 15.7. The van der Waals surface area contributed by atoms with E-state index >= 15 is 0 Å². The van der Waals surface area contributed by atoms with E-state index in [1.807, 2.05) is 37.3 Å². The summed E-state index contributed by atoms with van der Waals surface area (Å²) >= 11 is 0. The van der Waals surface area contributed by atoms with Gasteiger partial charge in [-0.3, -0.25) is 0 Å². The van der Waals surface area contributed by atoms with Gasteiger partial charge in [0.25, 0.3) is 0 Å². The lowest BCUT2D eigenvalue weighted by molar-refractivity contribution is 0.130. The van der Waals surface area contributed by atoms with E-state index in [4.69, 9.17) is 4.84 Å². The minimum Gasteiger partial charge on any atom is -0.391 e. The summed E-state index contributed by atoms with van der Waals surface area (Å²) in [6.45, 7) is 6.49. The molecule has 4 heteroatoms. The van der Waals surface area contributed by atoms with Crippen molar-refractivity contribution in [3.8, 4) is 16.9 Å². The van der Waals surface area contributed by atoms with Gasteiger partial charge in [-0.2, -0.15) is 0 Å². The lowest BCUT2D eigenvalue weighted by Crippen LogP contribution is -2.02. The minimum atomic E-state index is -0.249. The van der Waals surface area contributed by atoms with Gasteiger partial charge in [0, 0.05) is 16.9 Å². The number of hydrogen-bond acceptors (Lipinski definition) is 2. The number of rotatable bonds is 6. The lowest BCUT2D eigenvalue weighted by atomic mass is 10.1. The monoisotopic (exact) mass is 412 g/mol. The van der Waals surface area contributed by atoms with Gasteiger partial charge in [-0.1, -0.05) is 53.2 Å². The molecule has 4 rings (SSSR count). The zero-order valence-electron chi connectivity index (χ0n) is 18.0. The van der Waals surface area contributed by atoms with Gasteiger partial charge in [0.2, 0.25) is 0 Å². The van der Waals surface area contributed by atoms with Crippen LogP contribution in [0, 0.1) is 19.7 Å². The van der Waals surface area contributed by atoms with E-state index in [-0.39, 0.29) is 5.82 Å². The molecule has 156 valence electrons. The Morgan fingerprint density at radius 2 is 1.58 bits per heavy atom. The second kappa shape index (κ2) is 9.00. The molecule has 3 nitrogen and oxygen atoms in total. The molecule has 0 saturated carbocycles. The SMILES string of the molecule is CC(=NOCc1ccc(C)cc1)c1cc(-c2ccc(F)cc2)n(-c2ccccc2)c1C. The molecular weight excluding hydrogens is 387 g/mol. The molecule has 0 radical (unpaired) electrons. The summed E-state index contributed by atoms with van der Waals surface area (Å²) in [4.78, 5) is 5.64. The van der Waals surface area contributed by atoms with Crippen molar-refractivity contribution in [3.63, 3.8) is 0 Å². The number of benzene rings is 3. The zero-order chi connectivity index (χ0) is 21.8. The molecule has 3 aromatic carbocycles. The molecule has 0 fully saturated rings. The summed E-state index contributed by atoms with van der Waals surface area (Å²) in [5.41, 5.74) is 8.08. The first-order valence-electron chi connectivity index (χ1n) is 10.3.